The van der Waals surface area contributed by atoms with E-state index in [4.69, 9.17) is 32.9 Å². The van der Waals surface area contributed by atoms with Crippen LogP contribution in [0, 0.1) is 0 Å². The Balaban J connectivity index is 2.34. The number of benzene rings is 2. The lowest BCUT2D eigenvalue weighted by Crippen LogP contribution is -2.50. The maximum Gasteiger partial charge on any atom is 0.356 e. The normalized spacial score (nSPS) is 12.0. The van der Waals surface area contributed by atoms with Crippen molar-refractivity contribution in [2.24, 2.45) is 0 Å². The minimum atomic E-state index is -3.97. The van der Waals surface area contributed by atoms with Crippen molar-refractivity contribution < 1.29 is 45.7 Å². The molecule has 312 valence electrons. The Bertz CT molecular complexity index is 1740. The molecule has 56 heavy (non-hydrogen) atoms. The van der Waals surface area contributed by atoms with Crippen LogP contribution in [0.25, 0.3) is 0 Å². The summed E-state index contributed by atoms with van der Waals surface area (Å²) in [6, 6.07) is 8.50. The minimum Gasteiger partial charge on any atom is -0.332 e. The van der Waals surface area contributed by atoms with Crippen molar-refractivity contribution in [2.45, 2.75) is 49.6 Å². The summed E-state index contributed by atoms with van der Waals surface area (Å²) in [5.41, 5.74) is 0. The van der Waals surface area contributed by atoms with Crippen molar-refractivity contribution in [2.75, 3.05) is 79.0 Å². The molecule has 0 saturated heterocycles. The summed E-state index contributed by atoms with van der Waals surface area (Å²) in [5, 5.41) is 1.85. The highest BCUT2D eigenvalue weighted by molar-refractivity contribution is 7.91. The molecule has 2 aromatic carbocycles. The molecule has 0 aliphatic carbocycles. The number of carbonyl (C=O) groups is 4. The molecular formula is C36H52Cl2N6O10S2. The molecule has 16 nitrogen and oxygen atoms in total. The average Bonchev–Trinajstić information content (AvgIpc) is 3.10. The molecule has 0 unspecified atom stereocenters. The van der Waals surface area contributed by atoms with Crippen LogP contribution in [0.2, 0.25) is 10.0 Å². The van der Waals surface area contributed by atoms with Crippen LogP contribution in [0.1, 0.15) is 27.7 Å². The number of nitrogens with zero attached hydrogens (tertiary/aromatic N) is 6. The first-order valence-electron chi connectivity index (χ1n) is 17.6. The van der Waals surface area contributed by atoms with E-state index < -0.39 is 68.3 Å². The second-order valence-electron chi connectivity index (χ2n) is 13.6. The van der Waals surface area contributed by atoms with Crippen LogP contribution in [-0.2, 0) is 38.9 Å². The number of halogens is 2. The molecule has 0 fully saturated rings. The van der Waals surface area contributed by atoms with Gasteiger partial charge in [0.2, 0.25) is 0 Å². The quantitative estimate of drug-likeness (QED) is 0.155. The highest BCUT2D eigenvalue weighted by Gasteiger charge is 2.30. The van der Waals surface area contributed by atoms with E-state index in [-0.39, 0.29) is 35.0 Å². The number of carbonyl (C=O) groups excluding carboxylic acids is 4. The SMILES string of the molecule is CC(C)N(CCN(C)C)C(=O)N(CCS(=O)(=O)c1ccc(Cl)cc1)OC(=O)/C=C\C(=O)ON(CCS(=O)(=O)c1ccc(Cl)cc1)C(=O)N(CCN(C)C)C(C)C. The van der Waals surface area contributed by atoms with Crippen molar-refractivity contribution in [1.82, 2.24) is 29.7 Å². The third-order valence-corrected chi connectivity index (χ3v) is 11.9. The lowest BCUT2D eigenvalue weighted by molar-refractivity contribution is -0.174. The van der Waals surface area contributed by atoms with Crippen molar-refractivity contribution in [3.8, 4) is 0 Å². The van der Waals surface area contributed by atoms with Crippen LogP contribution in [0.5, 0.6) is 0 Å². The lowest BCUT2D eigenvalue weighted by Gasteiger charge is -2.32. The molecule has 0 saturated carbocycles. The number of sulfone groups is 2. The third kappa shape index (κ3) is 15.9. The molecule has 0 aliphatic rings. The second-order valence-corrected chi connectivity index (χ2v) is 18.7. The smallest absolute Gasteiger partial charge is 0.332 e. The number of hydrogen-bond donors (Lipinski definition) is 0. The Morgan fingerprint density at radius 1 is 0.554 bits per heavy atom. The van der Waals surface area contributed by atoms with E-state index in [1.807, 2.05) is 9.80 Å². The van der Waals surface area contributed by atoms with Crippen LogP contribution in [0.3, 0.4) is 0 Å². The van der Waals surface area contributed by atoms with E-state index in [1.54, 1.807) is 55.9 Å². The maximum atomic E-state index is 13.7. The lowest BCUT2D eigenvalue weighted by atomic mass is 10.3. The zero-order valence-electron chi connectivity index (χ0n) is 32.9. The summed E-state index contributed by atoms with van der Waals surface area (Å²) in [6.07, 6.45) is 1.27. The van der Waals surface area contributed by atoms with Crippen molar-refractivity contribution in [3.05, 3.63) is 70.7 Å². The molecule has 20 heteroatoms. The van der Waals surface area contributed by atoms with Gasteiger partial charge in [-0.05, 0) is 104 Å². The van der Waals surface area contributed by atoms with Crippen molar-refractivity contribution >= 4 is 66.9 Å². The van der Waals surface area contributed by atoms with Crippen LogP contribution in [-0.4, -0.2) is 162 Å². The number of hydroxylamine groups is 4. The highest BCUT2D eigenvalue weighted by atomic mass is 35.5. The summed E-state index contributed by atoms with van der Waals surface area (Å²) in [6.45, 7) is 7.13. The summed E-state index contributed by atoms with van der Waals surface area (Å²) in [7, 11) is -0.723. The molecular weight excluding hydrogens is 811 g/mol. The average molecular weight is 864 g/mol. The molecule has 0 atom stereocenters. The van der Waals surface area contributed by atoms with E-state index in [0.717, 1.165) is 0 Å². The van der Waals surface area contributed by atoms with Gasteiger partial charge in [0.05, 0.1) is 34.4 Å². The number of hydrogen-bond acceptors (Lipinski definition) is 12. The van der Waals surface area contributed by atoms with Crippen LogP contribution in [0.15, 0.2) is 70.5 Å². The summed E-state index contributed by atoms with van der Waals surface area (Å²) in [5.74, 6) is -3.74. The molecule has 0 aromatic heterocycles. The van der Waals surface area contributed by atoms with E-state index in [2.05, 4.69) is 0 Å². The molecule has 0 heterocycles. The molecule has 2 rings (SSSR count). The van der Waals surface area contributed by atoms with E-state index >= 15 is 0 Å². The molecule has 0 radical (unpaired) electrons. The van der Waals surface area contributed by atoms with Crippen LogP contribution >= 0.6 is 23.2 Å². The van der Waals surface area contributed by atoms with Crippen LogP contribution < -0.4 is 0 Å². The van der Waals surface area contributed by atoms with Gasteiger partial charge in [-0.2, -0.15) is 10.1 Å². The fourth-order valence-electron chi connectivity index (χ4n) is 4.75. The first-order valence-corrected chi connectivity index (χ1v) is 21.6. The molecule has 2 aromatic rings. The van der Waals surface area contributed by atoms with Gasteiger partial charge in [0.15, 0.2) is 19.7 Å². The second kappa shape index (κ2) is 22.1. The fourth-order valence-corrected chi connectivity index (χ4v) is 7.39. The Morgan fingerprint density at radius 2 is 0.857 bits per heavy atom. The van der Waals surface area contributed by atoms with Gasteiger partial charge in [0.25, 0.3) is 0 Å². The zero-order chi connectivity index (χ0) is 42.4. The predicted molar refractivity (Wildman–Crippen MR) is 213 cm³/mol. The Hall–Kier alpha value is -3.94. The standard InChI is InChI=1S/C36H52Cl2N6O10S2/c1-27(2)41(21-19-39(5)6)35(47)43(23-25-55(49,50)31-13-9-29(37)10-14-31)53-33(45)17-18-34(46)54-44(36(48)42(28(3)4)22-20-40(7)8)24-26-56(51,52)32-15-11-30(38)12-16-32/h9-18,27-28H,19-26H2,1-8H3/b18-17-. The summed E-state index contributed by atoms with van der Waals surface area (Å²) in [4.78, 5) is 70.5. The first kappa shape index (κ1) is 48.2. The molecule has 0 N–H and O–H groups in total. The molecule has 0 spiro atoms. The molecule has 0 bridgehead atoms. The largest absolute Gasteiger partial charge is 0.356 e. The molecule has 4 amide bonds. The van der Waals surface area contributed by atoms with Gasteiger partial charge in [-0.3, -0.25) is 0 Å². The van der Waals surface area contributed by atoms with E-state index in [1.165, 1.54) is 58.3 Å². The Labute approximate surface area is 340 Å². The monoisotopic (exact) mass is 862 g/mol. The van der Waals surface area contributed by atoms with Gasteiger partial charge < -0.3 is 29.3 Å². The summed E-state index contributed by atoms with van der Waals surface area (Å²) >= 11 is 11.8. The van der Waals surface area contributed by atoms with Gasteiger partial charge >= 0.3 is 24.0 Å². The van der Waals surface area contributed by atoms with E-state index in [0.29, 0.717) is 45.4 Å². The van der Waals surface area contributed by atoms with Crippen molar-refractivity contribution in [3.63, 3.8) is 0 Å². The van der Waals surface area contributed by atoms with Crippen LogP contribution in [0.4, 0.5) is 9.59 Å². The van der Waals surface area contributed by atoms with E-state index in [9.17, 15) is 36.0 Å². The third-order valence-electron chi connectivity index (χ3n) is 7.97. The van der Waals surface area contributed by atoms with Gasteiger partial charge in [-0.1, -0.05) is 23.2 Å². The predicted octanol–water partition coefficient (Wildman–Crippen LogP) is 4.10. The first-order chi connectivity index (χ1) is 26.0. The Morgan fingerprint density at radius 3 is 1.12 bits per heavy atom. The fraction of sp³-hybridized carbons (Fsp3) is 0.500. The van der Waals surface area contributed by atoms with Crippen molar-refractivity contribution in [1.29, 1.82) is 0 Å². The van der Waals surface area contributed by atoms with Gasteiger partial charge in [-0.15, -0.1) is 0 Å². The zero-order valence-corrected chi connectivity index (χ0v) is 36.1. The Kier molecular flexibility index (Phi) is 19.0. The number of rotatable bonds is 18. The van der Waals surface area contributed by atoms with Gasteiger partial charge in [-0.25, -0.2) is 36.0 Å². The number of urea groups is 2. The number of likely N-dealkylation sites (N-methyl/N-ethyl adjacent to an activating group) is 2. The topological polar surface area (TPSA) is 174 Å². The van der Waals surface area contributed by atoms with Gasteiger partial charge in [0.1, 0.15) is 0 Å². The minimum absolute atomic E-state index is 0.0607. The molecule has 0 aliphatic heterocycles. The summed E-state index contributed by atoms with van der Waals surface area (Å²) < 4.78 is 52.5. The number of amides is 4. The maximum absolute atomic E-state index is 13.7. The van der Waals surface area contributed by atoms with Gasteiger partial charge in [0, 0.05) is 60.5 Å². The highest BCUT2D eigenvalue weighted by Crippen LogP contribution is 2.18.